The summed E-state index contributed by atoms with van der Waals surface area (Å²) in [6.07, 6.45) is -5.93. The van der Waals surface area contributed by atoms with Crippen molar-refractivity contribution < 1.29 is 43.2 Å². The summed E-state index contributed by atoms with van der Waals surface area (Å²) >= 11 is 0. The van der Waals surface area contributed by atoms with Crippen LogP contribution in [-0.2, 0) is 20.0 Å². The summed E-state index contributed by atoms with van der Waals surface area (Å²) in [4.78, 5) is 8.19. The zero-order valence-corrected chi connectivity index (χ0v) is 35.1. The maximum absolute atomic E-state index is 13.7. The molecule has 2 aromatic heterocycles. The topological polar surface area (TPSA) is 147 Å². The second kappa shape index (κ2) is 18.8. The average Bonchev–Trinajstić information content (AvgIpc) is 3.96. The molecular weight excluding hydrogens is 843 g/mol. The number of nitrogen functional groups attached to an aromatic ring is 1. The Balaban J connectivity index is 0.000000224. The molecule has 1 aliphatic heterocycles. The van der Waals surface area contributed by atoms with Crippen LogP contribution in [0.2, 0.25) is 0 Å². The van der Waals surface area contributed by atoms with Gasteiger partial charge in [0.05, 0.1) is 20.8 Å². The lowest BCUT2D eigenvalue weighted by atomic mass is 10.1. The Morgan fingerprint density at radius 3 is 1.66 bits per heavy atom. The van der Waals surface area contributed by atoms with Crippen LogP contribution in [0.4, 0.5) is 37.7 Å². The van der Waals surface area contributed by atoms with Crippen LogP contribution < -0.4 is 15.8 Å². The number of benzene rings is 4. The van der Waals surface area contributed by atoms with Crippen LogP contribution in [0.15, 0.2) is 107 Å². The van der Waals surface area contributed by atoms with Crippen LogP contribution in [0.1, 0.15) is 40.8 Å². The predicted molar refractivity (Wildman–Crippen MR) is 228 cm³/mol. The van der Waals surface area contributed by atoms with Gasteiger partial charge in [-0.3, -0.25) is 9.97 Å². The lowest BCUT2D eigenvalue weighted by Crippen LogP contribution is -2.49. The monoisotopic (exact) mass is 890 g/mol. The fourth-order valence-electron chi connectivity index (χ4n) is 7.00. The van der Waals surface area contributed by atoms with Crippen molar-refractivity contribution in [3.8, 4) is 0 Å². The molecule has 3 heterocycles. The molecule has 6 aromatic rings. The van der Waals surface area contributed by atoms with Gasteiger partial charge in [0.2, 0.25) is 20.0 Å². The van der Waals surface area contributed by atoms with Crippen LogP contribution in [0, 0.1) is 41.5 Å². The second-order valence-corrected chi connectivity index (χ2v) is 18.0. The maximum atomic E-state index is 13.7. The van der Waals surface area contributed by atoms with Crippen LogP contribution in [0.3, 0.4) is 0 Å². The van der Waals surface area contributed by atoms with Crippen molar-refractivity contribution in [3.05, 3.63) is 131 Å². The van der Waals surface area contributed by atoms with Crippen LogP contribution >= 0.6 is 0 Å². The van der Waals surface area contributed by atoms with Crippen molar-refractivity contribution in [2.24, 2.45) is 0 Å². The van der Waals surface area contributed by atoms with E-state index in [9.17, 15) is 43.2 Å². The predicted octanol–water partition coefficient (Wildman–Crippen LogP) is 9.48. The van der Waals surface area contributed by atoms with E-state index in [0.717, 1.165) is 27.7 Å². The Morgan fingerprint density at radius 1 is 0.705 bits per heavy atom. The summed E-state index contributed by atoms with van der Waals surface area (Å²) in [6, 6.07) is 20.4. The summed E-state index contributed by atoms with van der Waals surface area (Å²) in [5.41, 5.74) is 12.0. The Hall–Kier alpha value is -5.30. The highest BCUT2D eigenvalue weighted by Crippen LogP contribution is 2.40. The number of halogens is 6. The lowest BCUT2D eigenvalue weighted by Gasteiger charge is -2.24. The number of hydrogen-bond donors (Lipinski definition) is 3. The number of sulfonamides is 2. The van der Waals surface area contributed by atoms with Crippen molar-refractivity contribution in [2.45, 2.75) is 83.2 Å². The van der Waals surface area contributed by atoms with E-state index >= 15 is 0 Å². The lowest BCUT2D eigenvalue weighted by molar-refractivity contribution is -0.148. The molecule has 328 valence electrons. The number of rotatable bonds is 8. The molecule has 10 nitrogen and oxygen atoms in total. The van der Waals surface area contributed by atoms with Crippen molar-refractivity contribution in [3.63, 3.8) is 0 Å². The van der Waals surface area contributed by atoms with Crippen molar-refractivity contribution in [1.82, 2.24) is 19.0 Å². The Bertz CT molecular complexity index is 2690. The number of anilines is 2. The molecule has 0 bridgehead atoms. The SMILES string of the molecule is C.Cc1cc(C)c(S(=O)(=O)N2CC2C(F)(F)F)c(C)c1.Cc1cc(C)c(S(=O)(=O)NC(CNc2cccc3ncccc23)C(F)(F)F)c(C)c1.Nc1cccc2ncccc12. The van der Waals surface area contributed by atoms with Gasteiger partial charge < -0.3 is 11.1 Å². The summed E-state index contributed by atoms with van der Waals surface area (Å²) in [6.45, 7) is 8.78. The molecule has 1 fully saturated rings. The molecule has 1 saturated heterocycles. The molecule has 0 aliphatic carbocycles. The van der Waals surface area contributed by atoms with E-state index in [0.29, 0.717) is 43.1 Å². The molecule has 7 rings (SSSR count). The molecule has 0 spiro atoms. The van der Waals surface area contributed by atoms with Crippen LogP contribution in [-0.4, -0.2) is 68.6 Å². The maximum Gasteiger partial charge on any atom is 0.406 e. The number of nitrogens with two attached hydrogens (primary N) is 1. The Labute approximate surface area is 352 Å². The molecule has 0 radical (unpaired) electrons. The molecule has 1 aliphatic rings. The van der Waals surface area contributed by atoms with Crippen molar-refractivity contribution in [1.29, 1.82) is 0 Å². The van der Waals surface area contributed by atoms with Gasteiger partial charge in [0, 0.05) is 47.6 Å². The fourth-order valence-corrected chi connectivity index (χ4v) is 10.6. The van der Waals surface area contributed by atoms with Crippen LogP contribution in [0.5, 0.6) is 0 Å². The van der Waals surface area contributed by atoms with E-state index in [1.807, 2.05) is 42.0 Å². The minimum absolute atomic E-state index is 0. The zero-order chi connectivity index (χ0) is 44.4. The highest BCUT2D eigenvalue weighted by atomic mass is 32.2. The third-order valence-electron chi connectivity index (χ3n) is 9.50. The summed E-state index contributed by atoms with van der Waals surface area (Å²) < 4.78 is 131. The Kier molecular flexibility index (Phi) is 14.9. The van der Waals surface area contributed by atoms with Crippen molar-refractivity contribution in [2.75, 3.05) is 24.1 Å². The van der Waals surface area contributed by atoms with Gasteiger partial charge in [-0.25, -0.2) is 16.8 Å². The molecular formula is C43H48F6N6O4S2. The van der Waals surface area contributed by atoms with Gasteiger partial charge in [-0.15, -0.1) is 0 Å². The number of pyridine rings is 2. The standard InChI is InChI=1S/C21H22F3N3O2S.C12H14F3NO2S.C9H8N2.CH4/c1-13-10-14(2)20(15(3)11-13)30(28,29)27-19(21(22,23)24)12-26-18-8-4-7-17-16(18)6-5-9-25-17;1-7-4-8(2)11(9(3)5-7)19(17,18)16-6-10(16)12(13,14)15;10-8-4-1-5-9-7(8)3-2-6-11-9;/h4-11,19,26-27H,12H2,1-3H3;4-5,10H,6H2,1-3H3;1-6H,10H2;1H4. The first-order valence-corrected chi connectivity index (χ1v) is 21.3. The van der Waals surface area contributed by atoms with Crippen molar-refractivity contribution >= 4 is 53.2 Å². The summed E-state index contributed by atoms with van der Waals surface area (Å²) in [5.74, 6) is 0. The Morgan fingerprint density at radius 2 is 1.18 bits per heavy atom. The minimum Gasteiger partial charge on any atom is -0.398 e. The summed E-state index contributed by atoms with van der Waals surface area (Å²) in [5, 5.41) is 4.39. The van der Waals surface area contributed by atoms with Gasteiger partial charge in [-0.1, -0.05) is 55.0 Å². The number of alkyl halides is 6. The molecule has 4 N–H and O–H groups in total. The van der Waals surface area contributed by atoms with Gasteiger partial charge in [0.1, 0.15) is 12.1 Å². The number of nitrogens with zero attached hydrogens (tertiary/aromatic N) is 3. The first kappa shape index (κ1) is 48.4. The van der Waals surface area contributed by atoms with E-state index in [1.165, 1.54) is 0 Å². The number of aromatic nitrogens is 2. The molecule has 3 unspecified atom stereocenters. The molecule has 3 atom stereocenters. The molecule has 0 saturated carbocycles. The largest absolute Gasteiger partial charge is 0.406 e. The molecule has 0 amide bonds. The van der Waals surface area contributed by atoms with E-state index in [-0.39, 0.29) is 17.2 Å². The van der Waals surface area contributed by atoms with Gasteiger partial charge in [-0.2, -0.15) is 35.4 Å². The second-order valence-electron chi connectivity index (χ2n) is 14.5. The van der Waals surface area contributed by atoms with Gasteiger partial charge >= 0.3 is 12.4 Å². The number of hydrogen-bond acceptors (Lipinski definition) is 8. The quantitative estimate of drug-likeness (QED) is 0.0779. The first-order chi connectivity index (χ1) is 27.9. The minimum atomic E-state index is -4.78. The number of nitrogens with one attached hydrogen (secondary N) is 2. The van der Waals surface area contributed by atoms with E-state index in [4.69, 9.17) is 5.73 Å². The number of fused-ring (bicyclic) bond motifs is 2. The average molecular weight is 891 g/mol. The van der Waals surface area contributed by atoms with Gasteiger partial charge in [0.15, 0.2) is 0 Å². The van der Waals surface area contributed by atoms with E-state index < -0.39 is 57.6 Å². The third-order valence-corrected chi connectivity index (χ3v) is 13.5. The fraction of sp³-hybridized carbons (Fsp3) is 0.302. The highest BCUT2D eigenvalue weighted by molar-refractivity contribution is 7.89. The van der Waals surface area contributed by atoms with Crippen LogP contribution in [0.25, 0.3) is 21.8 Å². The molecule has 18 heteroatoms. The highest BCUT2D eigenvalue weighted by Gasteiger charge is 2.60. The smallest absolute Gasteiger partial charge is 0.398 e. The first-order valence-electron chi connectivity index (χ1n) is 18.4. The summed E-state index contributed by atoms with van der Waals surface area (Å²) in [7, 11) is -8.45. The third kappa shape index (κ3) is 11.5. The van der Waals surface area contributed by atoms with Gasteiger partial charge in [0.25, 0.3) is 0 Å². The normalized spacial score (nSPS) is 15.7. The molecule has 4 aromatic carbocycles. The number of aryl methyl sites for hydroxylation is 6. The van der Waals surface area contributed by atoms with E-state index in [1.54, 1.807) is 102 Å². The van der Waals surface area contributed by atoms with E-state index in [2.05, 4.69) is 15.3 Å². The van der Waals surface area contributed by atoms with Gasteiger partial charge in [-0.05, 0) is 112 Å². The zero-order valence-electron chi connectivity index (χ0n) is 33.4. The molecule has 61 heavy (non-hydrogen) atoms.